The summed E-state index contributed by atoms with van der Waals surface area (Å²) in [4.78, 5) is 14.5. The van der Waals surface area contributed by atoms with Crippen molar-refractivity contribution in [2.75, 3.05) is 6.54 Å². The third-order valence-corrected chi connectivity index (χ3v) is 2.61. The molecule has 1 aromatic rings. The molecule has 1 aliphatic rings. The van der Waals surface area contributed by atoms with Gasteiger partial charge in [-0.05, 0) is 43.5 Å². The van der Waals surface area contributed by atoms with Gasteiger partial charge in [-0.15, -0.1) is 0 Å². The second-order valence-corrected chi connectivity index (χ2v) is 3.70. The van der Waals surface area contributed by atoms with Crippen LogP contribution in [0.3, 0.4) is 0 Å². The molecule has 1 aliphatic heterocycles. The highest BCUT2D eigenvalue weighted by Gasteiger charge is 2.14. The Kier molecular flexibility index (Phi) is 2.89. The molecule has 1 aromatic heterocycles. The Labute approximate surface area is 83.5 Å². The fraction of sp³-hybridized carbons (Fsp3) is 0.455. The molecular formula is C11H14N2O. The average Bonchev–Trinajstić information content (AvgIpc) is 2.71. The molecule has 0 radical (unpaired) electrons. The Balaban J connectivity index is 2.04. The molecule has 1 N–H and O–H groups in total. The molecule has 0 bridgehead atoms. The van der Waals surface area contributed by atoms with Crippen LogP contribution in [0, 0.1) is 0 Å². The molecule has 3 nitrogen and oxygen atoms in total. The maximum absolute atomic E-state index is 10.5. The predicted molar refractivity (Wildman–Crippen MR) is 54.4 cm³/mol. The third-order valence-electron chi connectivity index (χ3n) is 2.61. The van der Waals surface area contributed by atoms with Gasteiger partial charge in [0.05, 0.1) is 0 Å². The van der Waals surface area contributed by atoms with Crippen LogP contribution in [0.25, 0.3) is 0 Å². The van der Waals surface area contributed by atoms with E-state index in [9.17, 15) is 4.79 Å². The van der Waals surface area contributed by atoms with Crippen molar-refractivity contribution in [1.82, 2.24) is 10.3 Å². The molecule has 0 spiro atoms. The maximum Gasteiger partial charge on any atom is 0.168 e. The van der Waals surface area contributed by atoms with Gasteiger partial charge in [0, 0.05) is 12.2 Å². The van der Waals surface area contributed by atoms with Gasteiger partial charge in [0.1, 0.15) is 5.69 Å². The van der Waals surface area contributed by atoms with E-state index in [1.807, 2.05) is 12.1 Å². The van der Waals surface area contributed by atoms with Gasteiger partial charge >= 0.3 is 0 Å². The number of pyridine rings is 1. The molecule has 1 saturated heterocycles. The summed E-state index contributed by atoms with van der Waals surface area (Å²) in [5.74, 6) is 0. The molecule has 14 heavy (non-hydrogen) atoms. The Bertz CT molecular complexity index is 319. The zero-order valence-electron chi connectivity index (χ0n) is 8.07. The van der Waals surface area contributed by atoms with Crippen LogP contribution in [0.4, 0.5) is 0 Å². The van der Waals surface area contributed by atoms with Gasteiger partial charge in [0.25, 0.3) is 0 Å². The largest absolute Gasteiger partial charge is 0.314 e. The first-order chi connectivity index (χ1) is 6.88. The van der Waals surface area contributed by atoms with Crippen LogP contribution in [-0.4, -0.2) is 23.9 Å². The summed E-state index contributed by atoms with van der Waals surface area (Å²) in [5.41, 5.74) is 1.72. The first-order valence-electron chi connectivity index (χ1n) is 5.02. The van der Waals surface area contributed by atoms with E-state index in [1.54, 1.807) is 6.20 Å². The van der Waals surface area contributed by atoms with Gasteiger partial charge in [-0.25, -0.2) is 0 Å². The molecule has 0 amide bonds. The van der Waals surface area contributed by atoms with Crippen LogP contribution >= 0.6 is 0 Å². The monoisotopic (exact) mass is 190 g/mol. The van der Waals surface area contributed by atoms with Gasteiger partial charge in [-0.2, -0.15) is 0 Å². The molecular weight excluding hydrogens is 176 g/mol. The van der Waals surface area contributed by atoms with E-state index in [4.69, 9.17) is 0 Å². The lowest BCUT2D eigenvalue weighted by Gasteiger charge is -2.09. The van der Waals surface area contributed by atoms with E-state index in [-0.39, 0.29) is 0 Å². The summed E-state index contributed by atoms with van der Waals surface area (Å²) in [7, 11) is 0. The van der Waals surface area contributed by atoms with Crippen molar-refractivity contribution in [2.24, 2.45) is 0 Å². The second-order valence-electron chi connectivity index (χ2n) is 3.70. The van der Waals surface area contributed by atoms with Crippen LogP contribution in [0.5, 0.6) is 0 Å². The molecule has 74 valence electrons. The van der Waals surface area contributed by atoms with Gasteiger partial charge in [-0.3, -0.25) is 9.78 Å². The normalized spacial score (nSPS) is 21.0. The number of nitrogens with one attached hydrogen (secondary N) is 1. The Hall–Kier alpha value is -1.22. The molecule has 1 atom stereocenters. The van der Waals surface area contributed by atoms with E-state index >= 15 is 0 Å². The van der Waals surface area contributed by atoms with Crippen molar-refractivity contribution >= 4 is 6.29 Å². The molecule has 0 saturated carbocycles. The Morgan fingerprint density at radius 1 is 1.64 bits per heavy atom. The molecule has 2 rings (SSSR count). The smallest absolute Gasteiger partial charge is 0.168 e. The van der Waals surface area contributed by atoms with Gasteiger partial charge in [0.2, 0.25) is 0 Å². The number of carbonyl (C=O) groups excluding carboxylic acids is 1. The molecule has 0 aromatic carbocycles. The van der Waals surface area contributed by atoms with Crippen molar-refractivity contribution in [3.63, 3.8) is 0 Å². The van der Waals surface area contributed by atoms with Crippen molar-refractivity contribution in [2.45, 2.75) is 25.3 Å². The zero-order valence-corrected chi connectivity index (χ0v) is 8.07. The zero-order chi connectivity index (χ0) is 9.80. The molecule has 0 aliphatic carbocycles. The third kappa shape index (κ3) is 2.17. The van der Waals surface area contributed by atoms with Crippen LogP contribution in [0.1, 0.15) is 28.9 Å². The highest BCUT2D eigenvalue weighted by Crippen LogP contribution is 2.11. The molecule has 3 heteroatoms. The quantitative estimate of drug-likeness (QED) is 0.728. The van der Waals surface area contributed by atoms with E-state index in [2.05, 4.69) is 10.3 Å². The lowest BCUT2D eigenvalue weighted by molar-refractivity contribution is 0.111. The summed E-state index contributed by atoms with van der Waals surface area (Å²) in [6.45, 7) is 1.12. The number of aldehydes is 1. The van der Waals surface area contributed by atoms with E-state index in [1.165, 1.54) is 18.4 Å². The average molecular weight is 190 g/mol. The van der Waals surface area contributed by atoms with Crippen molar-refractivity contribution < 1.29 is 4.79 Å². The van der Waals surface area contributed by atoms with Gasteiger partial charge in [-0.1, -0.05) is 0 Å². The first-order valence-corrected chi connectivity index (χ1v) is 5.02. The second kappa shape index (κ2) is 4.33. The lowest BCUT2D eigenvalue weighted by Crippen LogP contribution is -2.23. The SMILES string of the molecule is O=Cc1cc(CC2CCCN2)ccn1. The number of rotatable bonds is 3. The van der Waals surface area contributed by atoms with Crippen molar-refractivity contribution in [1.29, 1.82) is 0 Å². The number of hydrogen-bond acceptors (Lipinski definition) is 3. The van der Waals surface area contributed by atoms with Crippen molar-refractivity contribution in [3.05, 3.63) is 29.6 Å². The molecule has 1 unspecified atom stereocenters. The minimum absolute atomic E-state index is 0.528. The molecule has 1 fully saturated rings. The van der Waals surface area contributed by atoms with Crippen LogP contribution in [-0.2, 0) is 6.42 Å². The van der Waals surface area contributed by atoms with Crippen LogP contribution in [0.15, 0.2) is 18.3 Å². The standard InChI is InChI=1S/C11H14N2O/c14-8-11-7-9(3-5-13-11)6-10-2-1-4-12-10/h3,5,7-8,10,12H,1-2,4,6H2. The Morgan fingerprint density at radius 2 is 2.57 bits per heavy atom. The van der Waals surface area contributed by atoms with Crippen LogP contribution in [0.2, 0.25) is 0 Å². The molecule has 2 heterocycles. The summed E-state index contributed by atoms with van der Waals surface area (Å²) < 4.78 is 0. The summed E-state index contributed by atoms with van der Waals surface area (Å²) in [6.07, 6.45) is 6.00. The van der Waals surface area contributed by atoms with E-state index in [0.29, 0.717) is 11.7 Å². The highest BCUT2D eigenvalue weighted by atomic mass is 16.1. The topological polar surface area (TPSA) is 42.0 Å². The Morgan fingerprint density at radius 3 is 3.29 bits per heavy atom. The van der Waals surface area contributed by atoms with E-state index < -0.39 is 0 Å². The van der Waals surface area contributed by atoms with Crippen molar-refractivity contribution in [3.8, 4) is 0 Å². The summed E-state index contributed by atoms with van der Waals surface area (Å²) in [6, 6.07) is 4.43. The summed E-state index contributed by atoms with van der Waals surface area (Å²) in [5, 5.41) is 3.43. The van der Waals surface area contributed by atoms with Crippen LogP contribution < -0.4 is 5.32 Å². The first kappa shape index (κ1) is 9.34. The number of carbonyl (C=O) groups is 1. The number of aromatic nitrogens is 1. The fourth-order valence-corrected chi connectivity index (χ4v) is 1.90. The highest BCUT2D eigenvalue weighted by molar-refractivity contribution is 5.71. The maximum atomic E-state index is 10.5. The minimum Gasteiger partial charge on any atom is -0.314 e. The number of nitrogens with zero attached hydrogens (tertiary/aromatic N) is 1. The number of hydrogen-bond donors (Lipinski definition) is 1. The predicted octanol–water partition coefficient (Wildman–Crippen LogP) is 1.19. The van der Waals surface area contributed by atoms with E-state index in [0.717, 1.165) is 19.3 Å². The lowest BCUT2D eigenvalue weighted by atomic mass is 10.1. The summed E-state index contributed by atoms with van der Waals surface area (Å²) >= 11 is 0. The van der Waals surface area contributed by atoms with Gasteiger partial charge < -0.3 is 5.32 Å². The van der Waals surface area contributed by atoms with Gasteiger partial charge in [0.15, 0.2) is 6.29 Å². The minimum atomic E-state index is 0.528. The fourth-order valence-electron chi connectivity index (χ4n) is 1.90.